The van der Waals surface area contributed by atoms with Gasteiger partial charge in [-0.1, -0.05) is 11.6 Å². The molecular weight excluding hydrogens is 221 g/mol. The third-order valence-electron chi connectivity index (χ3n) is 1.02. The Morgan fingerprint density at radius 1 is 1.70 bits per heavy atom. The van der Waals surface area contributed by atoms with E-state index in [0.717, 1.165) is 0 Å². The average molecular weight is 226 g/mol. The number of hydrogen-bond acceptors (Lipinski definition) is 3. The van der Waals surface area contributed by atoms with Crippen LogP contribution in [0.3, 0.4) is 0 Å². The molecule has 3 N–H and O–H groups in total. The first-order valence-corrected chi connectivity index (χ1v) is 3.65. The largest absolute Gasteiger partial charge is 0.506 e. The van der Waals surface area contributed by atoms with E-state index >= 15 is 0 Å². The Hall–Kier alpha value is -0.190. The smallest absolute Gasteiger partial charge is 0.274 e. The van der Waals surface area contributed by atoms with E-state index in [9.17, 15) is 0 Å². The SMILES string of the molecule is OC1=CC(Br)=CNC1(O)Cl. The van der Waals surface area contributed by atoms with E-state index in [1.54, 1.807) is 0 Å². The predicted molar refractivity (Wildman–Crippen MR) is 41.7 cm³/mol. The minimum Gasteiger partial charge on any atom is -0.506 e. The first kappa shape index (κ1) is 7.91. The van der Waals surface area contributed by atoms with Gasteiger partial charge in [0.1, 0.15) is 0 Å². The lowest BCUT2D eigenvalue weighted by Gasteiger charge is -2.22. The number of nitrogens with one attached hydrogen (secondary N) is 1. The molecule has 1 unspecified atom stereocenters. The van der Waals surface area contributed by atoms with Gasteiger partial charge in [0.2, 0.25) is 0 Å². The molecule has 0 aromatic carbocycles. The summed E-state index contributed by atoms with van der Waals surface area (Å²) in [6.45, 7) is 0. The zero-order chi connectivity index (χ0) is 7.78. The summed E-state index contributed by atoms with van der Waals surface area (Å²) in [6, 6.07) is 0. The number of dihydropyridines is 1. The molecule has 3 nitrogen and oxygen atoms in total. The lowest BCUT2D eigenvalue weighted by Crippen LogP contribution is -2.39. The van der Waals surface area contributed by atoms with E-state index in [1.807, 2.05) is 0 Å². The highest BCUT2D eigenvalue weighted by atomic mass is 79.9. The van der Waals surface area contributed by atoms with E-state index in [4.69, 9.17) is 21.8 Å². The first-order valence-electron chi connectivity index (χ1n) is 2.48. The van der Waals surface area contributed by atoms with Crippen molar-refractivity contribution in [1.82, 2.24) is 5.32 Å². The molecule has 0 radical (unpaired) electrons. The van der Waals surface area contributed by atoms with Crippen LogP contribution in [0.5, 0.6) is 0 Å². The highest BCUT2D eigenvalue weighted by molar-refractivity contribution is 9.11. The summed E-state index contributed by atoms with van der Waals surface area (Å²) in [6.07, 6.45) is 2.75. The van der Waals surface area contributed by atoms with Crippen LogP contribution < -0.4 is 5.32 Å². The maximum atomic E-state index is 9.03. The van der Waals surface area contributed by atoms with Crippen LogP contribution in [0.2, 0.25) is 0 Å². The van der Waals surface area contributed by atoms with Crippen molar-refractivity contribution in [3.63, 3.8) is 0 Å². The van der Waals surface area contributed by atoms with Crippen molar-refractivity contribution in [3.05, 3.63) is 22.5 Å². The molecule has 0 aliphatic carbocycles. The van der Waals surface area contributed by atoms with Crippen molar-refractivity contribution in [3.8, 4) is 0 Å². The second kappa shape index (κ2) is 2.45. The molecule has 0 saturated carbocycles. The molecule has 1 aliphatic rings. The standard InChI is InChI=1S/C5H5BrClNO2/c6-3-1-4(9)5(7,10)8-2-3/h1-2,8-10H. The quantitative estimate of drug-likeness (QED) is 0.429. The lowest BCUT2D eigenvalue weighted by atomic mass is 10.3. The monoisotopic (exact) mass is 225 g/mol. The second-order valence-electron chi connectivity index (χ2n) is 1.83. The van der Waals surface area contributed by atoms with Gasteiger partial charge in [0.25, 0.3) is 5.18 Å². The van der Waals surface area contributed by atoms with E-state index in [1.165, 1.54) is 12.3 Å². The molecule has 1 rings (SSSR count). The minimum absolute atomic E-state index is 0.330. The van der Waals surface area contributed by atoms with Crippen LogP contribution in [-0.4, -0.2) is 15.4 Å². The van der Waals surface area contributed by atoms with Crippen molar-refractivity contribution >= 4 is 27.5 Å². The Bertz CT molecular complexity index is 212. The molecule has 10 heavy (non-hydrogen) atoms. The number of allylic oxidation sites excluding steroid dienone is 2. The molecule has 0 fully saturated rings. The van der Waals surface area contributed by atoms with Crippen LogP contribution in [0.4, 0.5) is 0 Å². The number of rotatable bonds is 0. The maximum Gasteiger partial charge on any atom is 0.274 e. The van der Waals surface area contributed by atoms with Crippen LogP contribution in [0.25, 0.3) is 0 Å². The first-order chi connectivity index (χ1) is 4.52. The molecule has 0 spiro atoms. The molecule has 1 atom stereocenters. The van der Waals surface area contributed by atoms with Gasteiger partial charge < -0.3 is 15.5 Å². The Labute approximate surface area is 71.1 Å². The van der Waals surface area contributed by atoms with Gasteiger partial charge in [-0.05, 0) is 22.0 Å². The third-order valence-corrected chi connectivity index (χ3v) is 1.78. The highest BCUT2D eigenvalue weighted by Gasteiger charge is 2.29. The summed E-state index contributed by atoms with van der Waals surface area (Å²) in [4.78, 5) is 0. The summed E-state index contributed by atoms with van der Waals surface area (Å²) in [5.74, 6) is -0.330. The molecule has 1 aliphatic heterocycles. The fourth-order valence-electron chi connectivity index (χ4n) is 0.506. The Morgan fingerprint density at radius 2 is 2.30 bits per heavy atom. The van der Waals surface area contributed by atoms with Crippen LogP contribution in [0, 0.1) is 0 Å². The van der Waals surface area contributed by atoms with Crippen molar-refractivity contribution in [2.75, 3.05) is 0 Å². The molecule has 1 heterocycles. The van der Waals surface area contributed by atoms with Crippen molar-refractivity contribution in [2.45, 2.75) is 5.18 Å². The Morgan fingerprint density at radius 3 is 2.70 bits per heavy atom. The van der Waals surface area contributed by atoms with Gasteiger partial charge in [0.15, 0.2) is 5.76 Å². The number of halogens is 2. The lowest BCUT2D eigenvalue weighted by molar-refractivity contribution is 0.0922. The molecular formula is C5H5BrClNO2. The van der Waals surface area contributed by atoms with E-state index < -0.39 is 5.18 Å². The average Bonchev–Trinajstić information content (AvgIpc) is 1.81. The fraction of sp³-hybridized carbons (Fsp3) is 0.200. The number of hydrogen-bond donors (Lipinski definition) is 3. The van der Waals surface area contributed by atoms with Crippen LogP contribution in [0.1, 0.15) is 0 Å². The van der Waals surface area contributed by atoms with Gasteiger partial charge in [0.05, 0.1) is 0 Å². The number of aliphatic hydroxyl groups excluding tert-OH is 1. The molecule has 0 amide bonds. The van der Waals surface area contributed by atoms with E-state index in [-0.39, 0.29) is 5.76 Å². The molecule has 0 aromatic heterocycles. The van der Waals surface area contributed by atoms with E-state index in [2.05, 4.69) is 21.2 Å². The molecule has 56 valence electrons. The highest BCUT2D eigenvalue weighted by Crippen LogP contribution is 2.23. The summed E-state index contributed by atoms with van der Waals surface area (Å²) >= 11 is 8.42. The van der Waals surface area contributed by atoms with Gasteiger partial charge in [-0.2, -0.15) is 0 Å². The molecule has 0 bridgehead atoms. The minimum atomic E-state index is -1.85. The van der Waals surface area contributed by atoms with E-state index in [0.29, 0.717) is 4.48 Å². The van der Waals surface area contributed by atoms with Gasteiger partial charge in [-0.3, -0.25) is 0 Å². The Kier molecular flexibility index (Phi) is 1.94. The molecule has 0 saturated heterocycles. The molecule has 5 heteroatoms. The molecule has 0 aromatic rings. The van der Waals surface area contributed by atoms with Gasteiger partial charge in [-0.15, -0.1) is 0 Å². The topological polar surface area (TPSA) is 52.5 Å². The van der Waals surface area contributed by atoms with Crippen molar-refractivity contribution in [2.24, 2.45) is 0 Å². The van der Waals surface area contributed by atoms with Gasteiger partial charge in [0, 0.05) is 10.7 Å². The van der Waals surface area contributed by atoms with Crippen molar-refractivity contribution < 1.29 is 10.2 Å². The normalized spacial score (nSPS) is 32.3. The number of aliphatic hydroxyl groups is 2. The summed E-state index contributed by atoms with van der Waals surface area (Å²) in [5.41, 5.74) is 0. The predicted octanol–water partition coefficient (Wildman–Crippen LogP) is 1.15. The fourth-order valence-corrected chi connectivity index (χ4v) is 0.947. The number of alkyl halides is 1. The van der Waals surface area contributed by atoms with Gasteiger partial charge >= 0.3 is 0 Å². The summed E-state index contributed by atoms with van der Waals surface area (Å²) in [5, 5.41) is 18.5. The zero-order valence-electron chi connectivity index (χ0n) is 4.81. The summed E-state index contributed by atoms with van der Waals surface area (Å²) in [7, 11) is 0. The van der Waals surface area contributed by atoms with Crippen LogP contribution in [-0.2, 0) is 0 Å². The zero-order valence-corrected chi connectivity index (χ0v) is 7.15. The van der Waals surface area contributed by atoms with Crippen LogP contribution in [0.15, 0.2) is 22.5 Å². The second-order valence-corrected chi connectivity index (χ2v) is 3.29. The maximum absolute atomic E-state index is 9.03. The van der Waals surface area contributed by atoms with Gasteiger partial charge in [-0.25, -0.2) is 0 Å². The van der Waals surface area contributed by atoms with Crippen LogP contribution >= 0.6 is 27.5 Å². The van der Waals surface area contributed by atoms with Crippen molar-refractivity contribution in [1.29, 1.82) is 0 Å². The Balaban J connectivity index is 2.88. The summed E-state index contributed by atoms with van der Waals surface area (Å²) < 4.78 is 0.621. The third kappa shape index (κ3) is 1.45.